The Bertz CT molecular complexity index is 619. The molecule has 0 fully saturated rings. The molecule has 0 radical (unpaired) electrons. The Morgan fingerprint density at radius 2 is 1.76 bits per heavy atom. The van der Waals surface area contributed by atoms with Gasteiger partial charge < -0.3 is 4.74 Å². The highest BCUT2D eigenvalue weighted by Gasteiger charge is 2.02. The molecular formula is C17H18N2O2. The number of aryl methyl sites for hydroxylation is 1. The van der Waals surface area contributed by atoms with Gasteiger partial charge in [0.1, 0.15) is 5.75 Å². The van der Waals surface area contributed by atoms with Gasteiger partial charge in [0.2, 0.25) is 0 Å². The third-order valence-corrected chi connectivity index (χ3v) is 2.93. The predicted octanol–water partition coefficient (Wildman–Crippen LogP) is 2.91. The molecule has 1 N–H and O–H groups in total. The van der Waals surface area contributed by atoms with Crippen LogP contribution in [-0.4, -0.2) is 18.2 Å². The number of hydrazone groups is 1. The van der Waals surface area contributed by atoms with E-state index < -0.39 is 0 Å². The van der Waals surface area contributed by atoms with E-state index in [1.54, 1.807) is 0 Å². The Labute approximate surface area is 124 Å². The van der Waals surface area contributed by atoms with Crippen molar-refractivity contribution in [3.63, 3.8) is 0 Å². The first-order valence-corrected chi connectivity index (χ1v) is 6.73. The second-order valence-electron chi connectivity index (χ2n) is 4.70. The van der Waals surface area contributed by atoms with Crippen LogP contribution in [-0.2, 0) is 4.79 Å². The van der Waals surface area contributed by atoms with E-state index in [9.17, 15) is 4.79 Å². The maximum absolute atomic E-state index is 11.7. The Hall–Kier alpha value is -2.62. The van der Waals surface area contributed by atoms with Crippen molar-refractivity contribution in [1.29, 1.82) is 0 Å². The van der Waals surface area contributed by atoms with Crippen LogP contribution in [0.4, 0.5) is 0 Å². The largest absolute Gasteiger partial charge is 0.484 e. The summed E-state index contributed by atoms with van der Waals surface area (Å²) < 4.78 is 5.38. The Morgan fingerprint density at radius 1 is 1.10 bits per heavy atom. The summed E-state index contributed by atoms with van der Waals surface area (Å²) in [6, 6.07) is 17.2. The number of rotatable bonds is 5. The van der Waals surface area contributed by atoms with Gasteiger partial charge >= 0.3 is 0 Å². The van der Waals surface area contributed by atoms with Gasteiger partial charge in [-0.15, -0.1) is 0 Å². The minimum atomic E-state index is -0.286. The Kier molecular flexibility index (Phi) is 5.10. The summed E-state index contributed by atoms with van der Waals surface area (Å²) in [5.74, 6) is 0.380. The maximum atomic E-state index is 11.7. The number of hydrogen-bond acceptors (Lipinski definition) is 3. The van der Waals surface area contributed by atoms with Gasteiger partial charge in [0.15, 0.2) is 6.61 Å². The van der Waals surface area contributed by atoms with Gasteiger partial charge in [-0.25, -0.2) is 5.43 Å². The van der Waals surface area contributed by atoms with E-state index in [1.165, 1.54) is 0 Å². The monoisotopic (exact) mass is 282 g/mol. The van der Waals surface area contributed by atoms with E-state index in [-0.39, 0.29) is 12.5 Å². The first kappa shape index (κ1) is 14.8. The Morgan fingerprint density at radius 3 is 2.43 bits per heavy atom. The molecule has 0 saturated heterocycles. The van der Waals surface area contributed by atoms with E-state index in [0.717, 1.165) is 16.8 Å². The summed E-state index contributed by atoms with van der Waals surface area (Å²) in [4.78, 5) is 11.7. The Balaban J connectivity index is 1.83. The summed E-state index contributed by atoms with van der Waals surface area (Å²) >= 11 is 0. The number of carbonyl (C=O) groups is 1. The second-order valence-corrected chi connectivity index (χ2v) is 4.70. The molecule has 0 aliphatic heterocycles. The molecule has 2 aromatic rings. The SMILES string of the molecule is C/C(=N/NC(=O)COc1ccc(C)cc1)c1ccccc1. The molecule has 4 heteroatoms. The van der Waals surface area contributed by atoms with Crippen molar-refractivity contribution in [1.82, 2.24) is 5.43 Å². The predicted molar refractivity (Wildman–Crippen MR) is 83.5 cm³/mol. The first-order valence-electron chi connectivity index (χ1n) is 6.73. The van der Waals surface area contributed by atoms with Crippen LogP contribution in [0.3, 0.4) is 0 Å². The highest BCUT2D eigenvalue weighted by molar-refractivity contribution is 5.99. The smallest absolute Gasteiger partial charge is 0.277 e. The number of benzene rings is 2. The molecule has 1 amide bonds. The molecule has 108 valence electrons. The molecule has 2 rings (SSSR count). The van der Waals surface area contributed by atoms with E-state index >= 15 is 0 Å². The van der Waals surface area contributed by atoms with Crippen LogP contribution in [0.15, 0.2) is 59.7 Å². The van der Waals surface area contributed by atoms with Crippen molar-refractivity contribution in [2.75, 3.05) is 6.61 Å². The van der Waals surface area contributed by atoms with E-state index in [1.807, 2.05) is 68.4 Å². The standard InChI is InChI=1S/C17H18N2O2/c1-13-8-10-16(11-9-13)21-12-17(20)19-18-14(2)15-6-4-3-5-7-15/h3-11H,12H2,1-2H3,(H,19,20)/b18-14-. The van der Waals surface area contributed by atoms with Gasteiger partial charge in [0, 0.05) is 0 Å². The molecule has 0 aliphatic carbocycles. The fourth-order valence-electron chi connectivity index (χ4n) is 1.71. The molecular weight excluding hydrogens is 264 g/mol. The number of nitrogens with one attached hydrogen (secondary N) is 1. The van der Waals surface area contributed by atoms with Crippen molar-refractivity contribution in [3.8, 4) is 5.75 Å². The zero-order valence-corrected chi connectivity index (χ0v) is 12.2. The molecule has 0 unspecified atom stereocenters. The molecule has 0 spiro atoms. The van der Waals surface area contributed by atoms with Gasteiger partial charge in [0.25, 0.3) is 5.91 Å². The molecule has 0 atom stereocenters. The van der Waals surface area contributed by atoms with E-state index in [2.05, 4.69) is 10.5 Å². The van der Waals surface area contributed by atoms with Crippen molar-refractivity contribution >= 4 is 11.6 Å². The third-order valence-electron chi connectivity index (χ3n) is 2.93. The molecule has 0 aromatic heterocycles. The fraction of sp³-hybridized carbons (Fsp3) is 0.176. The van der Waals surface area contributed by atoms with Crippen molar-refractivity contribution < 1.29 is 9.53 Å². The quantitative estimate of drug-likeness (QED) is 0.677. The van der Waals surface area contributed by atoms with Crippen molar-refractivity contribution in [2.45, 2.75) is 13.8 Å². The minimum absolute atomic E-state index is 0.0609. The van der Waals surface area contributed by atoms with Crippen LogP contribution in [0.25, 0.3) is 0 Å². The molecule has 0 saturated carbocycles. The maximum Gasteiger partial charge on any atom is 0.277 e. The summed E-state index contributed by atoms with van der Waals surface area (Å²) in [7, 11) is 0. The lowest BCUT2D eigenvalue weighted by molar-refractivity contribution is -0.123. The van der Waals surface area contributed by atoms with E-state index in [4.69, 9.17) is 4.74 Å². The summed E-state index contributed by atoms with van der Waals surface area (Å²) in [6.45, 7) is 3.78. The van der Waals surface area contributed by atoms with Gasteiger partial charge in [-0.3, -0.25) is 4.79 Å². The average molecular weight is 282 g/mol. The highest BCUT2D eigenvalue weighted by Crippen LogP contribution is 2.10. The molecule has 0 aliphatic rings. The first-order chi connectivity index (χ1) is 10.1. The van der Waals surface area contributed by atoms with Crippen molar-refractivity contribution in [2.24, 2.45) is 5.10 Å². The second kappa shape index (κ2) is 7.24. The fourth-order valence-corrected chi connectivity index (χ4v) is 1.71. The number of nitrogens with zero attached hydrogens (tertiary/aromatic N) is 1. The topological polar surface area (TPSA) is 50.7 Å². The zero-order chi connectivity index (χ0) is 15.1. The summed E-state index contributed by atoms with van der Waals surface area (Å²) in [5, 5.41) is 4.06. The van der Waals surface area contributed by atoms with Crippen LogP contribution >= 0.6 is 0 Å². The van der Waals surface area contributed by atoms with Gasteiger partial charge in [0.05, 0.1) is 5.71 Å². The lowest BCUT2D eigenvalue weighted by Crippen LogP contribution is -2.25. The van der Waals surface area contributed by atoms with Crippen LogP contribution in [0.2, 0.25) is 0 Å². The van der Waals surface area contributed by atoms with E-state index in [0.29, 0.717) is 5.75 Å². The number of amides is 1. The zero-order valence-electron chi connectivity index (χ0n) is 12.2. The molecule has 0 heterocycles. The average Bonchev–Trinajstić information content (AvgIpc) is 2.53. The molecule has 2 aromatic carbocycles. The summed E-state index contributed by atoms with van der Waals surface area (Å²) in [6.07, 6.45) is 0. The third kappa shape index (κ3) is 4.76. The highest BCUT2D eigenvalue weighted by atomic mass is 16.5. The van der Waals surface area contributed by atoms with Gasteiger partial charge in [-0.2, -0.15) is 5.10 Å². The lowest BCUT2D eigenvalue weighted by atomic mass is 10.1. The normalized spacial score (nSPS) is 11.0. The molecule has 4 nitrogen and oxygen atoms in total. The number of carbonyl (C=O) groups excluding carboxylic acids is 1. The molecule has 0 bridgehead atoms. The van der Waals surface area contributed by atoms with Crippen LogP contribution in [0.1, 0.15) is 18.1 Å². The van der Waals surface area contributed by atoms with Crippen LogP contribution in [0, 0.1) is 6.92 Å². The van der Waals surface area contributed by atoms with Gasteiger partial charge in [-0.1, -0.05) is 48.0 Å². The number of hydrogen-bond donors (Lipinski definition) is 1. The van der Waals surface area contributed by atoms with Gasteiger partial charge in [-0.05, 0) is 31.5 Å². The minimum Gasteiger partial charge on any atom is -0.484 e. The summed E-state index contributed by atoms with van der Waals surface area (Å²) in [5.41, 5.74) is 5.35. The number of ether oxygens (including phenoxy) is 1. The van der Waals surface area contributed by atoms with Crippen LogP contribution in [0.5, 0.6) is 5.75 Å². The van der Waals surface area contributed by atoms with Crippen molar-refractivity contribution in [3.05, 3.63) is 65.7 Å². The molecule has 21 heavy (non-hydrogen) atoms. The lowest BCUT2D eigenvalue weighted by Gasteiger charge is -2.06. The van der Waals surface area contributed by atoms with Crippen LogP contribution < -0.4 is 10.2 Å².